The monoisotopic (exact) mass is 231 g/mol. The minimum Gasteiger partial charge on any atom is -0.748 e. The van der Waals surface area contributed by atoms with Crippen LogP contribution in [0.4, 0.5) is 13.2 Å². The number of hydrogen-bond donors (Lipinski definition) is 0. The quantitative estimate of drug-likeness (QED) is 0.645. The molecule has 0 bridgehead atoms. The SMILES string of the molecule is O=S(=O)([O-])C1CCCCC1C(F)(F)F. The summed E-state index contributed by atoms with van der Waals surface area (Å²) in [7, 11) is -4.83. The normalized spacial score (nSPS) is 30.3. The lowest BCUT2D eigenvalue weighted by Crippen LogP contribution is -2.41. The van der Waals surface area contributed by atoms with Gasteiger partial charge in [-0.3, -0.25) is 0 Å². The Kier molecular flexibility index (Phi) is 3.10. The molecule has 3 nitrogen and oxygen atoms in total. The van der Waals surface area contributed by atoms with Crippen LogP contribution in [0.3, 0.4) is 0 Å². The first-order valence-electron chi connectivity index (χ1n) is 4.24. The zero-order valence-electron chi connectivity index (χ0n) is 7.25. The van der Waals surface area contributed by atoms with E-state index >= 15 is 0 Å². The van der Waals surface area contributed by atoms with Gasteiger partial charge in [0.25, 0.3) is 0 Å². The number of rotatable bonds is 1. The van der Waals surface area contributed by atoms with E-state index in [2.05, 4.69) is 0 Å². The summed E-state index contributed by atoms with van der Waals surface area (Å²) in [5, 5.41) is -1.78. The smallest absolute Gasteiger partial charge is 0.393 e. The van der Waals surface area contributed by atoms with Crippen LogP contribution in [0.5, 0.6) is 0 Å². The van der Waals surface area contributed by atoms with Crippen LogP contribution in [0.25, 0.3) is 0 Å². The van der Waals surface area contributed by atoms with Crippen LogP contribution in [0.15, 0.2) is 0 Å². The predicted molar refractivity (Wildman–Crippen MR) is 41.5 cm³/mol. The summed E-state index contributed by atoms with van der Waals surface area (Å²) < 4.78 is 68.7. The maximum Gasteiger partial charge on any atom is 0.393 e. The second-order valence-electron chi connectivity index (χ2n) is 3.46. The highest BCUT2D eigenvalue weighted by molar-refractivity contribution is 7.86. The average molecular weight is 231 g/mol. The second kappa shape index (κ2) is 3.69. The third-order valence-electron chi connectivity index (χ3n) is 2.49. The summed E-state index contributed by atoms with van der Waals surface area (Å²) in [5.41, 5.74) is 0. The predicted octanol–water partition coefficient (Wildman–Crippen LogP) is 1.65. The molecular formula is C7H10F3O3S-. The maximum absolute atomic E-state index is 12.3. The molecule has 1 saturated carbocycles. The third kappa shape index (κ3) is 2.60. The van der Waals surface area contributed by atoms with Crippen molar-refractivity contribution in [3.05, 3.63) is 0 Å². The fraction of sp³-hybridized carbons (Fsp3) is 1.00. The molecule has 7 heteroatoms. The average Bonchev–Trinajstić information content (AvgIpc) is 2.01. The molecule has 0 aromatic rings. The first-order valence-corrected chi connectivity index (χ1v) is 5.71. The molecule has 84 valence electrons. The molecule has 1 aliphatic rings. The Morgan fingerprint density at radius 1 is 1.14 bits per heavy atom. The molecule has 0 aromatic heterocycles. The van der Waals surface area contributed by atoms with E-state index in [1.807, 2.05) is 0 Å². The van der Waals surface area contributed by atoms with Gasteiger partial charge >= 0.3 is 6.18 Å². The van der Waals surface area contributed by atoms with Gasteiger partial charge in [0.1, 0.15) is 0 Å². The lowest BCUT2D eigenvalue weighted by molar-refractivity contribution is -0.180. The Labute approximate surface area is 80.0 Å². The van der Waals surface area contributed by atoms with Crippen molar-refractivity contribution < 1.29 is 26.1 Å². The maximum atomic E-state index is 12.3. The molecule has 14 heavy (non-hydrogen) atoms. The van der Waals surface area contributed by atoms with Gasteiger partial charge in [-0.2, -0.15) is 13.2 Å². The van der Waals surface area contributed by atoms with E-state index in [-0.39, 0.29) is 12.8 Å². The highest BCUT2D eigenvalue weighted by Gasteiger charge is 2.47. The highest BCUT2D eigenvalue weighted by Crippen LogP contribution is 2.40. The summed E-state index contributed by atoms with van der Waals surface area (Å²) >= 11 is 0. The van der Waals surface area contributed by atoms with Crippen molar-refractivity contribution in [2.75, 3.05) is 0 Å². The molecule has 0 heterocycles. The van der Waals surface area contributed by atoms with Gasteiger partial charge in [0.15, 0.2) is 0 Å². The second-order valence-corrected chi connectivity index (χ2v) is 5.05. The van der Waals surface area contributed by atoms with E-state index in [1.165, 1.54) is 0 Å². The third-order valence-corrected chi connectivity index (χ3v) is 3.80. The number of halogens is 3. The van der Waals surface area contributed by atoms with Gasteiger partial charge < -0.3 is 4.55 Å². The number of alkyl halides is 3. The van der Waals surface area contributed by atoms with Gasteiger partial charge in [-0.15, -0.1) is 0 Å². The van der Waals surface area contributed by atoms with Crippen LogP contribution < -0.4 is 0 Å². The Balaban J connectivity index is 2.91. The van der Waals surface area contributed by atoms with Crippen LogP contribution in [0.1, 0.15) is 25.7 Å². The fourth-order valence-electron chi connectivity index (χ4n) is 1.82. The van der Waals surface area contributed by atoms with Crippen molar-refractivity contribution in [3.63, 3.8) is 0 Å². The highest BCUT2D eigenvalue weighted by atomic mass is 32.2. The molecular weight excluding hydrogens is 221 g/mol. The van der Waals surface area contributed by atoms with E-state index in [0.717, 1.165) is 0 Å². The summed E-state index contributed by atoms with van der Waals surface area (Å²) in [4.78, 5) is 0. The van der Waals surface area contributed by atoms with Crippen molar-refractivity contribution >= 4 is 10.1 Å². The van der Waals surface area contributed by atoms with E-state index in [9.17, 15) is 26.1 Å². The molecule has 2 atom stereocenters. The molecule has 1 aliphatic carbocycles. The van der Waals surface area contributed by atoms with Gasteiger partial charge in [-0.25, -0.2) is 8.42 Å². The van der Waals surface area contributed by atoms with E-state index in [1.54, 1.807) is 0 Å². The lowest BCUT2D eigenvalue weighted by atomic mass is 9.88. The standard InChI is InChI=1S/C7H11F3O3S/c8-7(9,10)5-3-1-2-4-6(5)14(11,12)13/h5-6H,1-4H2,(H,11,12,13)/p-1. The van der Waals surface area contributed by atoms with Gasteiger partial charge in [0.2, 0.25) is 0 Å². The molecule has 1 rings (SSSR count). The van der Waals surface area contributed by atoms with Crippen molar-refractivity contribution in [1.29, 1.82) is 0 Å². The topological polar surface area (TPSA) is 57.2 Å². The molecule has 1 fully saturated rings. The largest absolute Gasteiger partial charge is 0.748 e. The van der Waals surface area contributed by atoms with E-state index < -0.39 is 27.5 Å². The summed E-state index contributed by atoms with van der Waals surface area (Å²) in [6.07, 6.45) is -4.30. The van der Waals surface area contributed by atoms with Gasteiger partial charge in [-0.05, 0) is 12.8 Å². The van der Waals surface area contributed by atoms with Crippen molar-refractivity contribution in [2.45, 2.75) is 37.1 Å². The molecule has 0 aromatic carbocycles. The first kappa shape index (κ1) is 11.8. The first-order chi connectivity index (χ1) is 6.23. The van der Waals surface area contributed by atoms with Crippen LogP contribution in [-0.4, -0.2) is 24.4 Å². The minimum atomic E-state index is -4.83. The fourth-order valence-corrected chi connectivity index (χ4v) is 2.96. The van der Waals surface area contributed by atoms with Gasteiger partial charge in [0.05, 0.1) is 21.3 Å². The molecule has 0 aliphatic heterocycles. The Morgan fingerprint density at radius 2 is 1.64 bits per heavy atom. The summed E-state index contributed by atoms with van der Waals surface area (Å²) in [6, 6.07) is 0. The van der Waals surface area contributed by atoms with Crippen molar-refractivity contribution in [3.8, 4) is 0 Å². The van der Waals surface area contributed by atoms with Crippen molar-refractivity contribution in [1.82, 2.24) is 0 Å². The van der Waals surface area contributed by atoms with Crippen LogP contribution in [0, 0.1) is 5.92 Å². The van der Waals surface area contributed by atoms with E-state index in [4.69, 9.17) is 0 Å². The summed E-state index contributed by atoms with van der Waals surface area (Å²) in [6.45, 7) is 0. The molecule has 0 N–H and O–H groups in total. The Bertz CT molecular complexity index is 296. The lowest BCUT2D eigenvalue weighted by Gasteiger charge is -2.34. The van der Waals surface area contributed by atoms with E-state index in [0.29, 0.717) is 12.8 Å². The molecule has 0 radical (unpaired) electrons. The molecule has 0 amide bonds. The Morgan fingerprint density at radius 3 is 2.00 bits per heavy atom. The van der Waals surface area contributed by atoms with Crippen LogP contribution in [0.2, 0.25) is 0 Å². The van der Waals surface area contributed by atoms with Crippen LogP contribution >= 0.6 is 0 Å². The van der Waals surface area contributed by atoms with Gasteiger partial charge in [0, 0.05) is 0 Å². The van der Waals surface area contributed by atoms with Crippen LogP contribution in [-0.2, 0) is 10.1 Å². The molecule has 0 saturated heterocycles. The van der Waals surface area contributed by atoms with Crippen molar-refractivity contribution in [2.24, 2.45) is 5.92 Å². The van der Waals surface area contributed by atoms with Gasteiger partial charge in [-0.1, -0.05) is 12.8 Å². The number of hydrogen-bond acceptors (Lipinski definition) is 3. The summed E-state index contributed by atoms with van der Waals surface area (Å²) in [5.74, 6) is -1.97. The molecule has 2 unspecified atom stereocenters. The molecule has 0 spiro atoms. The Hall–Kier alpha value is -0.300. The zero-order chi connectivity index (χ0) is 11.0. The zero-order valence-corrected chi connectivity index (χ0v) is 8.07. The minimum absolute atomic E-state index is 0.171.